The SMILES string of the molecule is Fc1ccc([C@H](c2ccc(Cl)s2)N2CCNCC2)cc1F. The summed E-state index contributed by atoms with van der Waals surface area (Å²) in [6.07, 6.45) is 0. The van der Waals surface area contributed by atoms with Crippen molar-refractivity contribution in [3.8, 4) is 0 Å². The van der Waals surface area contributed by atoms with Gasteiger partial charge >= 0.3 is 0 Å². The van der Waals surface area contributed by atoms with Crippen LogP contribution in [0.3, 0.4) is 0 Å². The molecule has 0 radical (unpaired) electrons. The Labute approximate surface area is 131 Å². The molecule has 1 fully saturated rings. The number of piperazine rings is 1. The van der Waals surface area contributed by atoms with Gasteiger partial charge in [-0.15, -0.1) is 11.3 Å². The molecule has 0 amide bonds. The molecule has 2 aromatic rings. The summed E-state index contributed by atoms with van der Waals surface area (Å²) in [6.45, 7) is 3.50. The van der Waals surface area contributed by atoms with E-state index in [0.29, 0.717) is 4.34 Å². The molecule has 6 heteroatoms. The fourth-order valence-corrected chi connectivity index (χ4v) is 3.88. The monoisotopic (exact) mass is 328 g/mol. The molecule has 0 spiro atoms. The maximum atomic E-state index is 13.6. The number of thiophene rings is 1. The molecule has 1 aromatic heterocycles. The highest BCUT2D eigenvalue weighted by molar-refractivity contribution is 7.16. The van der Waals surface area contributed by atoms with E-state index in [0.717, 1.165) is 36.6 Å². The van der Waals surface area contributed by atoms with E-state index >= 15 is 0 Å². The minimum absolute atomic E-state index is 0.0836. The van der Waals surface area contributed by atoms with Crippen molar-refractivity contribution in [2.75, 3.05) is 26.2 Å². The summed E-state index contributed by atoms with van der Waals surface area (Å²) in [7, 11) is 0. The van der Waals surface area contributed by atoms with Gasteiger partial charge in [-0.25, -0.2) is 8.78 Å². The second kappa shape index (κ2) is 6.40. The molecule has 0 aliphatic carbocycles. The van der Waals surface area contributed by atoms with Gasteiger partial charge in [0.2, 0.25) is 0 Å². The minimum Gasteiger partial charge on any atom is -0.314 e. The maximum absolute atomic E-state index is 13.6. The molecule has 21 heavy (non-hydrogen) atoms. The maximum Gasteiger partial charge on any atom is 0.159 e. The second-order valence-electron chi connectivity index (χ2n) is 5.00. The molecule has 1 aliphatic heterocycles. The first-order valence-electron chi connectivity index (χ1n) is 6.80. The fraction of sp³-hybridized carbons (Fsp3) is 0.333. The van der Waals surface area contributed by atoms with Gasteiger partial charge in [-0.1, -0.05) is 17.7 Å². The van der Waals surface area contributed by atoms with Crippen molar-refractivity contribution in [3.63, 3.8) is 0 Å². The average Bonchev–Trinajstić information content (AvgIpc) is 2.90. The van der Waals surface area contributed by atoms with Gasteiger partial charge in [0.25, 0.3) is 0 Å². The minimum atomic E-state index is -0.818. The Morgan fingerprint density at radius 3 is 2.48 bits per heavy atom. The molecular weight excluding hydrogens is 314 g/mol. The molecule has 2 nitrogen and oxygen atoms in total. The number of benzene rings is 1. The van der Waals surface area contributed by atoms with Crippen molar-refractivity contribution >= 4 is 22.9 Å². The van der Waals surface area contributed by atoms with Crippen LogP contribution >= 0.6 is 22.9 Å². The van der Waals surface area contributed by atoms with Crippen molar-refractivity contribution < 1.29 is 8.78 Å². The number of rotatable bonds is 3. The van der Waals surface area contributed by atoms with Gasteiger partial charge in [0.05, 0.1) is 10.4 Å². The zero-order valence-electron chi connectivity index (χ0n) is 11.3. The van der Waals surface area contributed by atoms with Crippen molar-refractivity contribution in [1.82, 2.24) is 10.2 Å². The summed E-state index contributed by atoms with van der Waals surface area (Å²) in [5.74, 6) is -1.63. The van der Waals surface area contributed by atoms with Crippen LogP contribution in [0.15, 0.2) is 30.3 Å². The molecule has 112 valence electrons. The molecule has 1 aromatic carbocycles. The number of nitrogens with zero attached hydrogens (tertiary/aromatic N) is 1. The number of hydrogen-bond acceptors (Lipinski definition) is 3. The van der Waals surface area contributed by atoms with Crippen molar-refractivity contribution in [3.05, 3.63) is 56.7 Å². The molecule has 0 bridgehead atoms. The predicted octanol–water partition coefficient (Wildman–Crippen LogP) is 3.67. The molecule has 3 rings (SSSR count). The van der Waals surface area contributed by atoms with Gasteiger partial charge in [0, 0.05) is 31.1 Å². The van der Waals surface area contributed by atoms with Crippen LogP contribution in [-0.4, -0.2) is 31.1 Å². The van der Waals surface area contributed by atoms with E-state index in [9.17, 15) is 8.78 Å². The van der Waals surface area contributed by atoms with E-state index in [2.05, 4.69) is 10.2 Å². The van der Waals surface area contributed by atoms with E-state index in [1.165, 1.54) is 23.5 Å². The van der Waals surface area contributed by atoms with E-state index in [4.69, 9.17) is 11.6 Å². The lowest BCUT2D eigenvalue weighted by Crippen LogP contribution is -2.45. The van der Waals surface area contributed by atoms with Crippen LogP contribution < -0.4 is 5.32 Å². The highest BCUT2D eigenvalue weighted by atomic mass is 35.5. The van der Waals surface area contributed by atoms with Gasteiger partial charge in [0.15, 0.2) is 11.6 Å². The highest BCUT2D eigenvalue weighted by Crippen LogP contribution is 2.35. The van der Waals surface area contributed by atoms with Crippen LogP contribution in [0.25, 0.3) is 0 Å². The topological polar surface area (TPSA) is 15.3 Å². The summed E-state index contributed by atoms with van der Waals surface area (Å²) >= 11 is 7.52. The second-order valence-corrected chi connectivity index (χ2v) is 6.75. The third kappa shape index (κ3) is 3.26. The van der Waals surface area contributed by atoms with E-state index in [1.807, 2.05) is 12.1 Å². The Hall–Kier alpha value is -1.01. The van der Waals surface area contributed by atoms with Crippen molar-refractivity contribution in [2.45, 2.75) is 6.04 Å². The van der Waals surface area contributed by atoms with Crippen LogP contribution in [0.5, 0.6) is 0 Å². The van der Waals surface area contributed by atoms with E-state index in [-0.39, 0.29) is 6.04 Å². The zero-order chi connectivity index (χ0) is 14.8. The summed E-state index contributed by atoms with van der Waals surface area (Å²) in [6, 6.07) is 7.85. The normalized spacial score (nSPS) is 17.9. The summed E-state index contributed by atoms with van der Waals surface area (Å²) in [5.41, 5.74) is 0.759. The first-order valence-corrected chi connectivity index (χ1v) is 7.99. The number of halogens is 3. The Bertz CT molecular complexity index is 626. The Balaban J connectivity index is 2.00. The van der Waals surface area contributed by atoms with E-state index in [1.54, 1.807) is 6.07 Å². The van der Waals surface area contributed by atoms with Crippen molar-refractivity contribution in [1.29, 1.82) is 0 Å². The fourth-order valence-electron chi connectivity index (χ4n) is 2.65. The lowest BCUT2D eigenvalue weighted by Gasteiger charge is -2.34. The molecular formula is C15H15ClF2N2S. The first kappa shape index (κ1) is 14.9. The highest BCUT2D eigenvalue weighted by Gasteiger charge is 2.26. The van der Waals surface area contributed by atoms with Crippen LogP contribution in [0.1, 0.15) is 16.5 Å². The summed E-state index contributed by atoms with van der Waals surface area (Å²) in [4.78, 5) is 3.32. The van der Waals surface area contributed by atoms with Crippen LogP contribution in [0.2, 0.25) is 4.34 Å². The molecule has 2 heterocycles. The summed E-state index contributed by atoms with van der Waals surface area (Å²) in [5, 5.41) is 3.30. The van der Waals surface area contributed by atoms with Crippen LogP contribution in [-0.2, 0) is 0 Å². The van der Waals surface area contributed by atoms with Crippen LogP contribution in [0, 0.1) is 11.6 Å². The smallest absolute Gasteiger partial charge is 0.159 e. The standard InChI is InChI=1S/C15H15ClF2N2S/c16-14-4-3-13(21-14)15(20-7-5-19-6-8-20)10-1-2-11(17)12(18)9-10/h1-4,9,15,19H,5-8H2/t15-/m1/s1. The molecule has 1 saturated heterocycles. The third-order valence-corrected chi connectivity index (χ3v) is 4.92. The first-order chi connectivity index (χ1) is 10.1. The lowest BCUT2D eigenvalue weighted by molar-refractivity contribution is 0.200. The Kier molecular flexibility index (Phi) is 4.54. The van der Waals surface area contributed by atoms with E-state index < -0.39 is 11.6 Å². The van der Waals surface area contributed by atoms with Crippen molar-refractivity contribution in [2.24, 2.45) is 0 Å². The Morgan fingerprint density at radius 2 is 1.86 bits per heavy atom. The van der Waals surface area contributed by atoms with Gasteiger partial charge in [0.1, 0.15) is 0 Å². The third-order valence-electron chi connectivity index (χ3n) is 3.64. The number of nitrogens with one attached hydrogen (secondary N) is 1. The molecule has 1 atom stereocenters. The number of hydrogen-bond donors (Lipinski definition) is 1. The van der Waals surface area contributed by atoms with Gasteiger partial charge in [-0.05, 0) is 29.8 Å². The Morgan fingerprint density at radius 1 is 1.10 bits per heavy atom. The van der Waals surface area contributed by atoms with Crippen LogP contribution in [0.4, 0.5) is 8.78 Å². The van der Waals surface area contributed by atoms with Gasteiger partial charge in [-0.3, -0.25) is 4.90 Å². The molecule has 0 saturated carbocycles. The zero-order valence-corrected chi connectivity index (χ0v) is 12.9. The quantitative estimate of drug-likeness (QED) is 0.924. The molecule has 1 N–H and O–H groups in total. The largest absolute Gasteiger partial charge is 0.314 e. The van der Waals surface area contributed by atoms with Gasteiger partial charge < -0.3 is 5.32 Å². The predicted molar refractivity (Wildman–Crippen MR) is 82.0 cm³/mol. The van der Waals surface area contributed by atoms with Gasteiger partial charge in [-0.2, -0.15) is 0 Å². The molecule has 0 unspecified atom stereocenters. The average molecular weight is 329 g/mol. The molecule has 1 aliphatic rings. The summed E-state index contributed by atoms with van der Waals surface area (Å²) < 4.78 is 27.5. The lowest BCUT2D eigenvalue weighted by atomic mass is 10.0.